The molecule has 5 atom stereocenters. The molecule has 1 aromatic rings. The van der Waals surface area contributed by atoms with E-state index in [9.17, 15) is 19.8 Å². The molecule has 1 spiro atoms. The molecule has 7 heteroatoms. The van der Waals surface area contributed by atoms with Crippen LogP contribution < -0.4 is 4.74 Å². The molecule has 1 aromatic carbocycles. The van der Waals surface area contributed by atoms with Crippen LogP contribution in [0.2, 0.25) is 0 Å². The number of nitrogens with zero attached hydrogens (tertiary/aromatic N) is 1. The molecule has 3 N–H and O–H groups in total. The first-order valence-corrected chi connectivity index (χ1v) is 13.2. The minimum Gasteiger partial charge on any atom is -0.508 e. The van der Waals surface area contributed by atoms with Crippen LogP contribution in [0, 0.1) is 22.7 Å². The van der Waals surface area contributed by atoms with E-state index in [2.05, 4.69) is 27.7 Å². The average Bonchev–Trinajstić information content (AvgIpc) is 3.34. The van der Waals surface area contributed by atoms with E-state index in [-0.39, 0.29) is 40.9 Å². The quantitative estimate of drug-likeness (QED) is 0.530. The Morgan fingerprint density at radius 1 is 1.17 bits per heavy atom. The van der Waals surface area contributed by atoms with Gasteiger partial charge in [0, 0.05) is 35.9 Å². The van der Waals surface area contributed by atoms with Crippen LogP contribution in [0.25, 0.3) is 0 Å². The molecule has 5 rings (SSSR count). The maximum Gasteiger partial charge on any atom is 0.303 e. The summed E-state index contributed by atoms with van der Waals surface area (Å²) in [5, 5.41) is 30.8. The summed E-state index contributed by atoms with van der Waals surface area (Å²) >= 11 is 0. The van der Waals surface area contributed by atoms with Gasteiger partial charge in [0.15, 0.2) is 0 Å². The van der Waals surface area contributed by atoms with Crippen molar-refractivity contribution in [2.24, 2.45) is 22.7 Å². The molecule has 2 aliphatic carbocycles. The number of phenols is 1. The third kappa shape index (κ3) is 3.40. The lowest BCUT2D eigenvalue weighted by Gasteiger charge is -2.64. The first kappa shape index (κ1) is 24.4. The predicted molar refractivity (Wildman–Crippen MR) is 130 cm³/mol. The number of fused-ring (bicyclic) bond motifs is 5. The van der Waals surface area contributed by atoms with E-state index in [4.69, 9.17) is 9.84 Å². The topological polar surface area (TPSA) is 107 Å². The number of ether oxygens (including phenoxy) is 1. The van der Waals surface area contributed by atoms with Crippen molar-refractivity contribution in [1.82, 2.24) is 4.90 Å². The molecule has 35 heavy (non-hydrogen) atoms. The van der Waals surface area contributed by atoms with E-state index >= 15 is 0 Å². The molecule has 192 valence electrons. The zero-order valence-electron chi connectivity index (χ0n) is 21.4. The number of benzene rings is 1. The summed E-state index contributed by atoms with van der Waals surface area (Å²) in [6.45, 7) is 9.86. The summed E-state index contributed by atoms with van der Waals surface area (Å²) < 4.78 is 7.03. The fraction of sp³-hybridized carbons (Fsp3) is 0.714. The second-order valence-corrected chi connectivity index (χ2v) is 12.3. The van der Waals surface area contributed by atoms with Crippen molar-refractivity contribution in [2.75, 3.05) is 6.54 Å². The summed E-state index contributed by atoms with van der Waals surface area (Å²) in [5.41, 5.74) is 1.30. The SMILES string of the molecule is C[C@@H]1CC[C@@H]2C(C)(C)[C@H](O)CC[C@]2(C)[C@@]12Cc1c(O)cc3c(c1O2)CN(CCCCC(=O)O)C3=O. The third-order valence-electron chi connectivity index (χ3n) is 10.2. The average molecular weight is 486 g/mol. The first-order valence-electron chi connectivity index (χ1n) is 13.2. The largest absolute Gasteiger partial charge is 0.508 e. The lowest BCUT2D eigenvalue weighted by molar-refractivity contribution is -0.210. The van der Waals surface area contributed by atoms with E-state index in [0.29, 0.717) is 49.6 Å². The van der Waals surface area contributed by atoms with Crippen LogP contribution in [0.15, 0.2) is 6.07 Å². The molecule has 0 unspecified atom stereocenters. The second-order valence-electron chi connectivity index (χ2n) is 12.3. The van der Waals surface area contributed by atoms with Gasteiger partial charge in [0.2, 0.25) is 0 Å². The minimum absolute atomic E-state index is 0.0967. The summed E-state index contributed by atoms with van der Waals surface area (Å²) in [5.74, 6) is 0.437. The molecule has 0 saturated heterocycles. The number of carbonyl (C=O) groups excluding carboxylic acids is 1. The highest BCUT2D eigenvalue weighted by atomic mass is 16.5. The fourth-order valence-electron chi connectivity index (χ4n) is 8.09. The number of rotatable bonds is 5. The lowest BCUT2D eigenvalue weighted by atomic mass is 9.43. The molecule has 2 heterocycles. The molecular formula is C28H39NO6. The number of aliphatic hydroxyl groups is 1. The highest BCUT2D eigenvalue weighted by Crippen LogP contribution is 2.67. The number of unbranched alkanes of at least 4 members (excludes halogenated alkanes) is 1. The Bertz CT molecular complexity index is 1070. The van der Waals surface area contributed by atoms with Crippen LogP contribution in [0.3, 0.4) is 0 Å². The predicted octanol–water partition coefficient (Wildman–Crippen LogP) is 4.51. The van der Waals surface area contributed by atoms with Gasteiger partial charge in [0.05, 0.1) is 18.2 Å². The van der Waals surface area contributed by atoms with Crippen LogP contribution in [-0.4, -0.2) is 50.3 Å². The van der Waals surface area contributed by atoms with Crippen molar-refractivity contribution >= 4 is 11.9 Å². The molecule has 7 nitrogen and oxygen atoms in total. The number of hydrogen-bond donors (Lipinski definition) is 3. The number of phenolic OH excluding ortho intramolecular Hbond substituents is 1. The molecule has 2 saturated carbocycles. The Morgan fingerprint density at radius 3 is 2.63 bits per heavy atom. The summed E-state index contributed by atoms with van der Waals surface area (Å²) in [6, 6.07) is 1.61. The standard InChI is InChI=1S/C28H39NO6/c1-16-8-9-21-26(2,3)22(31)10-11-27(21,4)28(16)14-18-20(30)13-17-19(24(18)35-28)15-29(25(17)34)12-6-5-7-23(32)33/h13,16,21-22,30-31H,5-12,14-15H2,1-4H3,(H,32,33)/t16-,21-,22-,27+,28-/m1/s1. The Kier molecular flexibility index (Phi) is 5.66. The molecule has 4 aliphatic rings. The van der Waals surface area contributed by atoms with E-state index in [1.165, 1.54) is 0 Å². The zero-order valence-corrected chi connectivity index (χ0v) is 21.4. The lowest BCUT2D eigenvalue weighted by Crippen LogP contribution is -2.66. The van der Waals surface area contributed by atoms with Gasteiger partial charge in [0.25, 0.3) is 5.91 Å². The number of aromatic hydroxyl groups is 1. The van der Waals surface area contributed by atoms with Crippen molar-refractivity contribution < 1.29 is 29.6 Å². The van der Waals surface area contributed by atoms with E-state index in [1.807, 2.05) is 0 Å². The number of aliphatic hydroxyl groups excluding tert-OH is 1. The van der Waals surface area contributed by atoms with Gasteiger partial charge >= 0.3 is 5.97 Å². The van der Waals surface area contributed by atoms with Gasteiger partial charge in [-0.05, 0) is 61.8 Å². The van der Waals surface area contributed by atoms with Crippen molar-refractivity contribution in [3.8, 4) is 11.5 Å². The molecule has 2 aliphatic heterocycles. The van der Waals surface area contributed by atoms with Gasteiger partial charge < -0.3 is 25.0 Å². The van der Waals surface area contributed by atoms with Crippen LogP contribution >= 0.6 is 0 Å². The van der Waals surface area contributed by atoms with Crippen LogP contribution in [0.4, 0.5) is 0 Å². The fourth-order valence-corrected chi connectivity index (χ4v) is 8.09. The third-order valence-corrected chi connectivity index (χ3v) is 10.2. The number of carboxylic acid groups (broad SMARTS) is 1. The van der Waals surface area contributed by atoms with Gasteiger partial charge in [-0.15, -0.1) is 0 Å². The monoisotopic (exact) mass is 485 g/mol. The van der Waals surface area contributed by atoms with Crippen molar-refractivity contribution in [3.05, 3.63) is 22.8 Å². The Morgan fingerprint density at radius 2 is 1.91 bits per heavy atom. The molecule has 2 fully saturated rings. The number of amides is 1. The van der Waals surface area contributed by atoms with E-state index in [0.717, 1.165) is 36.8 Å². The van der Waals surface area contributed by atoms with Crippen LogP contribution in [-0.2, 0) is 17.8 Å². The number of aliphatic carboxylic acids is 1. The molecule has 1 amide bonds. The van der Waals surface area contributed by atoms with Gasteiger partial charge in [-0.2, -0.15) is 0 Å². The van der Waals surface area contributed by atoms with E-state index < -0.39 is 11.6 Å². The molecule has 0 aromatic heterocycles. The Balaban J connectivity index is 1.47. The van der Waals surface area contributed by atoms with Gasteiger partial charge in [-0.25, -0.2) is 0 Å². The van der Waals surface area contributed by atoms with E-state index in [1.54, 1.807) is 11.0 Å². The highest BCUT2D eigenvalue weighted by molar-refractivity contribution is 6.00. The molecule has 0 radical (unpaired) electrons. The number of carbonyl (C=O) groups is 2. The molecule has 0 bridgehead atoms. The molecular weight excluding hydrogens is 446 g/mol. The normalized spacial score (nSPS) is 34.9. The highest BCUT2D eigenvalue weighted by Gasteiger charge is 2.67. The first-order chi connectivity index (χ1) is 16.4. The maximum atomic E-state index is 13.1. The van der Waals surface area contributed by atoms with Gasteiger partial charge in [0.1, 0.15) is 17.1 Å². The number of carboxylic acids is 1. The second kappa shape index (κ2) is 8.12. The Labute approximate surface area is 207 Å². The maximum absolute atomic E-state index is 13.1. The van der Waals surface area contributed by atoms with Crippen molar-refractivity contribution in [2.45, 2.75) is 97.3 Å². The van der Waals surface area contributed by atoms with Crippen LogP contribution in [0.1, 0.15) is 94.1 Å². The van der Waals surface area contributed by atoms with Crippen molar-refractivity contribution in [1.29, 1.82) is 0 Å². The van der Waals surface area contributed by atoms with Gasteiger partial charge in [-0.3, -0.25) is 9.59 Å². The zero-order chi connectivity index (χ0) is 25.3. The van der Waals surface area contributed by atoms with Crippen molar-refractivity contribution in [3.63, 3.8) is 0 Å². The minimum atomic E-state index is -0.825. The van der Waals surface area contributed by atoms with Crippen LogP contribution in [0.5, 0.6) is 11.5 Å². The van der Waals surface area contributed by atoms with Gasteiger partial charge in [-0.1, -0.05) is 27.7 Å². The summed E-state index contributed by atoms with van der Waals surface area (Å²) in [7, 11) is 0. The summed E-state index contributed by atoms with van der Waals surface area (Å²) in [4.78, 5) is 25.7. The Hall–Kier alpha value is -2.28. The smallest absolute Gasteiger partial charge is 0.303 e. The number of hydrogen-bond acceptors (Lipinski definition) is 5. The summed E-state index contributed by atoms with van der Waals surface area (Å²) in [6.07, 6.45) is 5.20.